The Kier molecular flexibility index (Phi) is 6.50. The van der Waals surface area contributed by atoms with E-state index in [1.165, 1.54) is 16.2 Å². The third kappa shape index (κ3) is 4.50. The molecule has 32 heavy (non-hydrogen) atoms. The number of amides is 2. The number of carbonyl (C=O) groups is 2. The minimum Gasteiger partial charge on any atom is -0.479 e. The second-order valence-electron chi connectivity index (χ2n) is 7.79. The van der Waals surface area contributed by atoms with E-state index in [9.17, 15) is 9.59 Å². The first-order chi connectivity index (χ1) is 15.5. The lowest BCUT2D eigenvalue weighted by molar-refractivity contribution is -0.132. The van der Waals surface area contributed by atoms with E-state index in [1.54, 1.807) is 25.1 Å². The van der Waals surface area contributed by atoms with E-state index < -0.39 is 6.10 Å². The Morgan fingerprint density at radius 1 is 1.25 bits per heavy atom. The van der Waals surface area contributed by atoms with Crippen LogP contribution in [0.15, 0.2) is 48.0 Å². The van der Waals surface area contributed by atoms with Gasteiger partial charge in [-0.15, -0.1) is 11.3 Å². The van der Waals surface area contributed by atoms with Crippen LogP contribution in [0.25, 0.3) is 22.0 Å². The fourth-order valence-corrected chi connectivity index (χ4v) is 4.32. The largest absolute Gasteiger partial charge is 0.479 e. The van der Waals surface area contributed by atoms with Crippen molar-refractivity contribution in [2.75, 3.05) is 25.0 Å². The molecule has 2 aromatic heterocycles. The first-order valence-corrected chi connectivity index (χ1v) is 11.6. The number of hydrogen-bond acceptors (Lipinski definition) is 6. The maximum Gasteiger partial charge on any atom is 0.268 e. The highest BCUT2D eigenvalue weighted by molar-refractivity contribution is 7.13. The molecule has 166 valence electrons. The number of pyridine rings is 1. The van der Waals surface area contributed by atoms with Gasteiger partial charge in [-0.3, -0.25) is 19.5 Å². The quantitative estimate of drug-likeness (QED) is 0.538. The molecule has 1 unspecified atom stereocenters. The van der Waals surface area contributed by atoms with Gasteiger partial charge in [0.1, 0.15) is 17.3 Å². The number of anilines is 1. The topological polar surface area (TPSA) is 75.6 Å². The van der Waals surface area contributed by atoms with Gasteiger partial charge in [0.2, 0.25) is 5.91 Å². The SMILES string of the molecule is CCCCN(C)C(=O)CN1C(=O)C(C)Oc2ccc(-c3csc(-c4ccccn4)n3)cc21. The average Bonchev–Trinajstić information content (AvgIpc) is 3.31. The molecule has 2 amide bonds. The fraction of sp³-hybridized carbons (Fsp3) is 0.333. The summed E-state index contributed by atoms with van der Waals surface area (Å²) in [5, 5.41) is 2.79. The molecule has 4 rings (SSSR count). The van der Waals surface area contributed by atoms with E-state index in [1.807, 2.05) is 41.8 Å². The predicted molar refractivity (Wildman–Crippen MR) is 126 cm³/mol. The van der Waals surface area contributed by atoms with Gasteiger partial charge in [0.15, 0.2) is 6.10 Å². The van der Waals surface area contributed by atoms with E-state index in [-0.39, 0.29) is 18.4 Å². The lowest BCUT2D eigenvalue weighted by atomic mass is 10.1. The smallest absolute Gasteiger partial charge is 0.268 e. The van der Waals surface area contributed by atoms with Crippen molar-refractivity contribution in [3.05, 3.63) is 48.0 Å². The van der Waals surface area contributed by atoms with Crippen LogP contribution < -0.4 is 9.64 Å². The highest BCUT2D eigenvalue weighted by Crippen LogP contribution is 2.38. The van der Waals surface area contributed by atoms with E-state index in [4.69, 9.17) is 9.72 Å². The van der Waals surface area contributed by atoms with Gasteiger partial charge >= 0.3 is 0 Å². The zero-order valence-corrected chi connectivity index (χ0v) is 19.3. The number of aromatic nitrogens is 2. The van der Waals surface area contributed by atoms with E-state index in [0.717, 1.165) is 34.8 Å². The molecule has 3 aromatic rings. The van der Waals surface area contributed by atoms with Gasteiger partial charge in [0.25, 0.3) is 5.91 Å². The van der Waals surface area contributed by atoms with E-state index >= 15 is 0 Å². The van der Waals surface area contributed by atoms with Gasteiger partial charge in [-0.05, 0) is 43.7 Å². The van der Waals surface area contributed by atoms with Gasteiger partial charge in [-0.25, -0.2) is 4.98 Å². The van der Waals surface area contributed by atoms with Crippen LogP contribution in [0.5, 0.6) is 5.75 Å². The van der Waals surface area contributed by atoms with Gasteiger partial charge in [-0.2, -0.15) is 0 Å². The van der Waals surface area contributed by atoms with Crippen molar-refractivity contribution >= 4 is 28.8 Å². The first-order valence-electron chi connectivity index (χ1n) is 10.7. The molecule has 0 fully saturated rings. The highest BCUT2D eigenvalue weighted by atomic mass is 32.1. The maximum atomic E-state index is 12.9. The van der Waals surface area contributed by atoms with Crippen molar-refractivity contribution in [2.24, 2.45) is 0 Å². The normalized spacial score (nSPS) is 15.3. The number of benzene rings is 1. The standard InChI is InChI=1S/C24H26N4O3S/c1-4-5-12-27(3)22(29)14-28-20-13-17(9-10-21(20)31-16(2)24(28)30)19-15-32-23(26-19)18-8-6-7-11-25-18/h6-11,13,15-16H,4-5,12,14H2,1-3H3. The molecule has 0 saturated heterocycles. The number of hydrogen-bond donors (Lipinski definition) is 0. The van der Waals surface area contributed by atoms with E-state index in [2.05, 4.69) is 11.9 Å². The summed E-state index contributed by atoms with van der Waals surface area (Å²) < 4.78 is 5.80. The molecule has 0 saturated carbocycles. The molecule has 0 radical (unpaired) electrons. The first kappa shape index (κ1) is 22.0. The minimum absolute atomic E-state index is 0.0144. The van der Waals surface area contributed by atoms with Crippen molar-refractivity contribution in [3.8, 4) is 27.7 Å². The third-order valence-corrected chi connectivity index (χ3v) is 6.28. The van der Waals surface area contributed by atoms with Crippen LogP contribution in [0, 0.1) is 0 Å². The number of nitrogens with zero attached hydrogens (tertiary/aromatic N) is 4. The summed E-state index contributed by atoms with van der Waals surface area (Å²) in [4.78, 5) is 38.0. The molecule has 1 aliphatic heterocycles. The summed E-state index contributed by atoms with van der Waals surface area (Å²) in [6, 6.07) is 11.4. The van der Waals surface area contributed by atoms with Crippen molar-refractivity contribution in [1.29, 1.82) is 0 Å². The lowest BCUT2D eigenvalue weighted by Gasteiger charge is -2.33. The summed E-state index contributed by atoms with van der Waals surface area (Å²) in [6.07, 6.45) is 3.04. The van der Waals surface area contributed by atoms with Crippen LogP contribution >= 0.6 is 11.3 Å². The van der Waals surface area contributed by atoms with Crippen molar-refractivity contribution in [1.82, 2.24) is 14.9 Å². The highest BCUT2D eigenvalue weighted by Gasteiger charge is 2.33. The molecule has 0 spiro atoms. The summed E-state index contributed by atoms with van der Waals surface area (Å²) in [5.41, 5.74) is 3.05. The van der Waals surface area contributed by atoms with Gasteiger partial charge < -0.3 is 9.64 Å². The molecular weight excluding hydrogens is 424 g/mol. The Bertz CT molecular complexity index is 1120. The molecule has 3 heterocycles. The predicted octanol–water partition coefficient (Wildman–Crippen LogP) is 4.24. The average molecular weight is 451 g/mol. The molecule has 7 nitrogen and oxygen atoms in total. The van der Waals surface area contributed by atoms with Crippen molar-refractivity contribution < 1.29 is 14.3 Å². The molecule has 8 heteroatoms. The minimum atomic E-state index is -0.642. The molecule has 0 aliphatic carbocycles. The number of rotatable bonds is 7. The Morgan fingerprint density at radius 3 is 2.84 bits per heavy atom. The third-order valence-electron chi connectivity index (χ3n) is 5.42. The van der Waals surface area contributed by atoms with Crippen LogP contribution in [0.1, 0.15) is 26.7 Å². The maximum absolute atomic E-state index is 12.9. The summed E-state index contributed by atoms with van der Waals surface area (Å²) in [5.74, 6) is 0.271. The van der Waals surface area contributed by atoms with Crippen LogP contribution in [-0.4, -0.2) is 52.9 Å². The Hall–Kier alpha value is -3.26. The number of unbranched alkanes of at least 4 members (excludes halogenated alkanes) is 1. The van der Waals surface area contributed by atoms with Crippen LogP contribution in [0.2, 0.25) is 0 Å². The molecule has 1 aliphatic rings. The molecule has 0 N–H and O–H groups in total. The molecular formula is C24H26N4O3S. The zero-order valence-electron chi connectivity index (χ0n) is 18.4. The van der Waals surface area contributed by atoms with Gasteiger partial charge in [-0.1, -0.05) is 19.4 Å². The molecule has 1 atom stereocenters. The van der Waals surface area contributed by atoms with Crippen molar-refractivity contribution in [3.63, 3.8) is 0 Å². The Balaban J connectivity index is 1.63. The number of likely N-dealkylation sites (N-methyl/N-ethyl adjacent to an activating group) is 1. The molecule has 0 bridgehead atoms. The second kappa shape index (κ2) is 9.48. The van der Waals surface area contributed by atoms with Crippen LogP contribution in [0.3, 0.4) is 0 Å². The number of carbonyl (C=O) groups excluding carboxylic acids is 2. The van der Waals surface area contributed by atoms with Crippen LogP contribution in [0.4, 0.5) is 5.69 Å². The summed E-state index contributed by atoms with van der Waals surface area (Å²) in [7, 11) is 1.78. The zero-order chi connectivity index (χ0) is 22.7. The number of ether oxygens (including phenoxy) is 1. The van der Waals surface area contributed by atoms with Crippen molar-refractivity contribution in [2.45, 2.75) is 32.8 Å². The number of fused-ring (bicyclic) bond motifs is 1. The second-order valence-corrected chi connectivity index (χ2v) is 8.65. The summed E-state index contributed by atoms with van der Waals surface area (Å²) >= 11 is 1.51. The van der Waals surface area contributed by atoms with Gasteiger partial charge in [0.05, 0.1) is 17.1 Å². The van der Waals surface area contributed by atoms with Crippen LogP contribution in [-0.2, 0) is 9.59 Å². The fourth-order valence-electron chi connectivity index (χ4n) is 3.52. The Labute approximate surface area is 191 Å². The summed E-state index contributed by atoms with van der Waals surface area (Å²) in [6.45, 7) is 4.45. The van der Waals surface area contributed by atoms with Gasteiger partial charge in [0, 0.05) is 30.7 Å². The monoisotopic (exact) mass is 450 g/mol. The van der Waals surface area contributed by atoms with E-state index in [0.29, 0.717) is 18.0 Å². The number of thiazole rings is 1. The Morgan fingerprint density at radius 2 is 2.09 bits per heavy atom. The lowest BCUT2D eigenvalue weighted by Crippen LogP contribution is -2.49. The molecule has 1 aromatic carbocycles.